The van der Waals surface area contributed by atoms with Gasteiger partial charge in [-0.3, -0.25) is 14.4 Å². The van der Waals surface area contributed by atoms with Crippen LogP contribution in [0.4, 0.5) is 4.39 Å². The van der Waals surface area contributed by atoms with Gasteiger partial charge in [0.05, 0.1) is 12.5 Å². The van der Waals surface area contributed by atoms with E-state index in [4.69, 9.17) is 4.74 Å². The number of aryl methyl sites for hydroxylation is 1. The molecule has 4 rings (SSSR count). The Balaban J connectivity index is 1.47. The van der Waals surface area contributed by atoms with Gasteiger partial charge in [-0.2, -0.15) is 14.6 Å². The lowest BCUT2D eigenvalue weighted by Gasteiger charge is -2.33. The maximum Gasteiger partial charge on any atom is 0.311 e. The molecule has 0 aliphatic heterocycles. The maximum absolute atomic E-state index is 13.5. The quantitative estimate of drug-likeness (QED) is 0.371. The summed E-state index contributed by atoms with van der Waals surface area (Å²) in [5.41, 5.74) is 2.84. The first-order chi connectivity index (χ1) is 17.6. The van der Waals surface area contributed by atoms with Crippen LogP contribution < -0.4 is 10.6 Å². The van der Waals surface area contributed by atoms with E-state index in [0.29, 0.717) is 31.4 Å². The van der Waals surface area contributed by atoms with Crippen molar-refractivity contribution < 1.29 is 23.5 Å². The number of fused-ring (bicyclic) bond motifs is 1. The molecule has 0 bridgehead atoms. The van der Waals surface area contributed by atoms with Crippen LogP contribution in [-0.2, 0) is 16.1 Å². The molecule has 3 aromatic rings. The highest BCUT2D eigenvalue weighted by Crippen LogP contribution is 2.39. The van der Waals surface area contributed by atoms with Gasteiger partial charge in [0.1, 0.15) is 23.5 Å². The molecule has 1 atom stereocenters. The molecular formula is C26H29FN6O4. The lowest BCUT2D eigenvalue weighted by Crippen LogP contribution is -2.35. The molecule has 1 aromatic carbocycles. The van der Waals surface area contributed by atoms with E-state index < -0.39 is 17.2 Å². The summed E-state index contributed by atoms with van der Waals surface area (Å²) in [6.07, 6.45) is 3.10. The average Bonchev–Trinajstić information content (AvgIpc) is 3.36. The van der Waals surface area contributed by atoms with Crippen molar-refractivity contribution in [2.24, 2.45) is 5.41 Å². The molecule has 2 N–H and O–H groups in total. The van der Waals surface area contributed by atoms with Crippen molar-refractivity contribution in [3.8, 4) is 0 Å². The lowest BCUT2D eigenvalue weighted by molar-refractivity contribution is -0.152. The number of esters is 1. The highest BCUT2D eigenvalue weighted by molar-refractivity contribution is 5.98. The number of aromatic nitrogens is 4. The van der Waals surface area contributed by atoms with E-state index in [2.05, 4.69) is 25.7 Å². The van der Waals surface area contributed by atoms with Gasteiger partial charge >= 0.3 is 5.97 Å². The van der Waals surface area contributed by atoms with Crippen LogP contribution in [0.2, 0.25) is 0 Å². The van der Waals surface area contributed by atoms with Crippen LogP contribution in [0.1, 0.15) is 65.2 Å². The van der Waals surface area contributed by atoms with Gasteiger partial charge in [-0.25, -0.2) is 9.37 Å². The number of rotatable bonds is 7. The zero-order chi connectivity index (χ0) is 26.7. The Hall–Kier alpha value is -4.15. The standard InChI is InChI=1S/C26H29FN6O4/c1-15-9-17(5-6-19(15)27)12-28-22(34)20-10-21(33-25(32-20)30-14-31-33)23(35)29-13-18-7-8-26(3,11-16(18)2)24(36)37-4/h5-6,9-10,14H,7-8,11-13H2,1-4H3,(H,28,34)(H,29,35). The first-order valence-corrected chi connectivity index (χ1v) is 11.9. The molecule has 10 nitrogen and oxygen atoms in total. The highest BCUT2D eigenvalue weighted by atomic mass is 19.1. The van der Waals surface area contributed by atoms with Crippen LogP contribution in [0.25, 0.3) is 5.78 Å². The second-order valence-electron chi connectivity index (χ2n) is 9.56. The topological polar surface area (TPSA) is 128 Å². The fraction of sp³-hybridized carbons (Fsp3) is 0.385. The predicted octanol–water partition coefficient (Wildman–Crippen LogP) is 2.91. The number of hydrogen-bond donors (Lipinski definition) is 2. The summed E-state index contributed by atoms with van der Waals surface area (Å²) in [4.78, 5) is 46.3. The number of methoxy groups -OCH3 is 1. The van der Waals surface area contributed by atoms with Crippen LogP contribution in [0.3, 0.4) is 0 Å². The minimum Gasteiger partial charge on any atom is -0.469 e. The Kier molecular flexibility index (Phi) is 7.33. The first-order valence-electron chi connectivity index (χ1n) is 11.9. The Morgan fingerprint density at radius 1 is 1.14 bits per heavy atom. The molecule has 1 aliphatic rings. The Bertz CT molecular complexity index is 1420. The molecule has 0 spiro atoms. The molecule has 2 heterocycles. The van der Waals surface area contributed by atoms with Gasteiger partial charge in [0, 0.05) is 19.2 Å². The molecule has 0 saturated heterocycles. The van der Waals surface area contributed by atoms with E-state index in [0.717, 1.165) is 16.7 Å². The number of benzene rings is 1. The first kappa shape index (κ1) is 25.9. The number of carbonyl (C=O) groups is 3. The zero-order valence-corrected chi connectivity index (χ0v) is 21.2. The normalized spacial score (nSPS) is 17.5. The number of carbonyl (C=O) groups excluding carboxylic acids is 3. The van der Waals surface area contributed by atoms with Crippen molar-refractivity contribution in [1.82, 2.24) is 30.2 Å². The van der Waals surface area contributed by atoms with Crippen molar-refractivity contribution in [2.75, 3.05) is 13.7 Å². The predicted molar refractivity (Wildman–Crippen MR) is 132 cm³/mol. The number of ether oxygens (including phenoxy) is 1. The second-order valence-corrected chi connectivity index (χ2v) is 9.56. The van der Waals surface area contributed by atoms with Gasteiger partial charge < -0.3 is 15.4 Å². The van der Waals surface area contributed by atoms with Crippen molar-refractivity contribution in [3.63, 3.8) is 0 Å². The Morgan fingerprint density at radius 3 is 2.59 bits per heavy atom. The summed E-state index contributed by atoms with van der Waals surface area (Å²) in [5.74, 6) is -1.39. The molecule has 11 heteroatoms. The monoisotopic (exact) mass is 508 g/mol. The molecule has 1 aliphatic carbocycles. The minimum absolute atomic E-state index is 0.00592. The van der Waals surface area contributed by atoms with Gasteiger partial charge in [0.2, 0.25) is 0 Å². The summed E-state index contributed by atoms with van der Waals surface area (Å²) < 4.78 is 19.7. The van der Waals surface area contributed by atoms with Gasteiger partial charge in [0.15, 0.2) is 0 Å². The number of allylic oxidation sites excluding steroid dienone is 1. The van der Waals surface area contributed by atoms with Crippen molar-refractivity contribution in [2.45, 2.75) is 46.6 Å². The third-order valence-electron chi connectivity index (χ3n) is 6.77. The fourth-order valence-corrected chi connectivity index (χ4v) is 4.56. The van der Waals surface area contributed by atoms with Gasteiger partial charge in [-0.1, -0.05) is 23.3 Å². The molecule has 0 radical (unpaired) electrons. The zero-order valence-electron chi connectivity index (χ0n) is 21.2. The Labute approximate surface area is 213 Å². The third kappa shape index (κ3) is 5.50. The highest BCUT2D eigenvalue weighted by Gasteiger charge is 2.37. The van der Waals surface area contributed by atoms with Crippen LogP contribution >= 0.6 is 0 Å². The number of nitrogens with zero attached hydrogens (tertiary/aromatic N) is 4. The molecule has 0 fully saturated rings. The third-order valence-corrected chi connectivity index (χ3v) is 6.77. The van der Waals surface area contributed by atoms with Crippen molar-refractivity contribution >= 4 is 23.6 Å². The summed E-state index contributed by atoms with van der Waals surface area (Å²) >= 11 is 0. The number of halogens is 1. The van der Waals surface area contributed by atoms with Crippen LogP contribution in [-0.4, -0.2) is 51.0 Å². The van der Waals surface area contributed by atoms with E-state index in [9.17, 15) is 18.8 Å². The molecular weight excluding hydrogens is 479 g/mol. The van der Waals surface area contributed by atoms with E-state index >= 15 is 0 Å². The molecule has 1 unspecified atom stereocenters. The number of hydrogen-bond acceptors (Lipinski definition) is 7. The summed E-state index contributed by atoms with van der Waals surface area (Å²) in [5, 5.41) is 9.69. The van der Waals surface area contributed by atoms with Gasteiger partial charge in [0.25, 0.3) is 17.6 Å². The van der Waals surface area contributed by atoms with E-state index in [1.54, 1.807) is 19.1 Å². The SMILES string of the molecule is COC(=O)C1(C)CCC(CNC(=O)c2cc(C(=O)NCc3ccc(F)c(C)c3)nc3ncnn23)=C(C)C1. The fourth-order valence-electron chi connectivity index (χ4n) is 4.56. The summed E-state index contributed by atoms with van der Waals surface area (Å²) in [6.45, 7) is 5.95. The molecule has 2 aromatic heterocycles. The van der Waals surface area contributed by atoms with Crippen LogP contribution in [0, 0.1) is 18.2 Å². The molecule has 37 heavy (non-hydrogen) atoms. The largest absolute Gasteiger partial charge is 0.469 e. The van der Waals surface area contributed by atoms with Crippen LogP contribution in [0.15, 0.2) is 41.7 Å². The van der Waals surface area contributed by atoms with Gasteiger partial charge in [-0.05, 0) is 57.2 Å². The molecule has 0 saturated carbocycles. The summed E-state index contributed by atoms with van der Waals surface area (Å²) in [7, 11) is 1.39. The maximum atomic E-state index is 13.5. The smallest absolute Gasteiger partial charge is 0.311 e. The lowest BCUT2D eigenvalue weighted by atomic mass is 9.73. The Morgan fingerprint density at radius 2 is 1.89 bits per heavy atom. The number of amides is 2. The number of nitrogens with one attached hydrogen (secondary N) is 2. The van der Waals surface area contributed by atoms with Crippen molar-refractivity contribution in [1.29, 1.82) is 0 Å². The van der Waals surface area contributed by atoms with Crippen molar-refractivity contribution in [3.05, 3.63) is 70.1 Å². The van der Waals surface area contributed by atoms with Gasteiger partial charge in [-0.15, -0.1) is 0 Å². The van der Waals surface area contributed by atoms with E-state index in [-0.39, 0.29) is 35.5 Å². The van der Waals surface area contributed by atoms with Crippen LogP contribution in [0.5, 0.6) is 0 Å². The summed E-state index contributed by atoms with van der Waals surface area (Å²) in [6, 6.07) is 5.95. The molecule has 194 valence electrons. The average molecular weight is 509 g/mol. The van der Waals surface area contributed by atoms with E-state index in [1.807, 2.05) is 13.8 Å². The molecule has 2 amide bonds. The van der Waals surface area contributed by atoms with E-state index in [1.165, 1.54) is 30.1 Å². The second kappa shape index (κ2) is 10.5. The minimum atomic E-state index is -0.570.